The molecule has 3 aromatic rings. The number of aryl methyl sites for hydroxylation is 1. The monoisotopic (exact) mass is 450 g/mol. The number of furan rings is 1. The number of aliphatic imine (C=N–C) groups is 1. The number of nitrogens with two attached hydrogens (primary N) is 1. The Kier molecular flexibility index (Phi) is 7.19. The van der Waals surface area contributed by atoms with E-state index in [2.05, 4.69) is 20.6 Å². The first kappa shape index (κ1) is 22.7. The Hall–Kier alpha value is -3.46. The van der Waals surface area contributed by atoms with Crippen LogP contribution < -0.4 is 16.4 Å². The van der Waals surface area contributed by atoms with Crippen molar-refractivity contribution in [3.05, 3.63) is 53.7 Å². The van der Waals surface area contributed by atoms with Gasteiger partial charge in [-0.1, -0.05) is 24.5 Å². The molecule has 0 spiro atoms. The third-order valence-electron chi connectivity index (χ3n) is 5.78. The molecule has 4 rings (SSSR count). The largest absolute Gasteiger partial charge is 0.461 e. The number of hydrogen-bond acceptors (Lipinski definition) is 7. The molecule has 2 aromatic heterocycles. The van der Waals surface area contributed by atoms with E-state index in [-0.39, 0.29) is 23.8 Å². The van der Waals surface area contributed by atoms with Gasteiger partial charge < -0.3 is 25.5 Å². The molecular weight excluding hydrogens is 420 g/mol. The lowest BCUT2D eigenvalue weighted by molar-refractivity contribution is 0.0927. The van der Waals surface area contributed by atoms with E-state index < -0.39 is 0 Å². The van der Waals surface area contributed by atoms with E-state index in [1.54, 1.807) is 25.5 Å². The van der Waals surface area contributed by atoms with Crippen LogP contribution in [-0.2, 0) is 4.74 Å². The molecule has 2 atom stereocenters. The molecule has 1 fully saturated rings. The molecule has 9 nitrogen and oxygen atoms in total. The van der Waals surface area contributed by atoms with E-state index >= 15 is 0 Å². The average molecular weight is 451 g/mol. The highest BCUT2D eigenvalue weighted by Gasteiger charge is 2.27. The van der Waals surface area contributed by atoms with Crippen molar-refractivity contribution in [2.75, 3.05) is 25.6 Å². The Labute approximate surface area is 192 Å². The summed E-state index contributed by atoms with van der Waals surface area (Å²) in [7, 11) is 1.59. The number of hydrogen-bond donors (Lipinski definition) is 3. The SMILES string of the molecule is COCCNC(=O)c1nc(N[C@H]2CCCC[C@H]2N=C(N)c2ccco2)c2cc(C)ccc2n1. The van der Waals surface area contributed by atoms with Gasteiger partial charge in [0.1, 0.15) is 5.82 Å². The maximum Gasteiger partial charge on any atom is 0.289 e. The number of carbonyl (C=O) groups is 1. The lowest BCUT2D eigenvalue weighted by atomic mass is 9.90. The zero-order valence-electron chi connectivity index (χ0n) is 19.0. The summed E-state index contributed by atoms with van der Waals surface area (Å²) in [5.74, 6) is 1.37. The predicted octanol–water partition coefficient (Wildman–Crippen LogP) is 3.04. The number of nitrogens with one attached hydrogen (secondary N) is 2. The van der Waals surface area contributed by atoms with Gasteiger partial charge in [-0.2, -0.15) is 0 Å². The molecule has 1 saturated carbocycles. The van der Waals surface area contributed by atoms with Crippen LogP contribution in [-0.4, -0.2) is 54.1 Å². The van der Waals surface area contributed by atoms with Crippen LogP contribution in [0.25, 0.3) is 10.9 Å². The van der Waals surface area contributed by atoms with Crippen LogP contribution in [0.1, 0.15) is 47.6 Å². The summed E-state index contributed by atoms with van der Waals surface area (Å²) in [6.07, 6.45) is 5.58. The zero-order valence-corrected chi connectivity index (χ0v) is 19.0. The highest BCUT2D eigenvalue weighted by Crippen LogP contribution is 2.28. The molecule has 0 unspecified atom stereocenters. The van der Waals surface area contributed by atoms with Crippen molar-refractivity contribution in [3.8, 4) is 0 Å². The summed E-state index contributed by atoms with van der Waals surface area (Å²) < 4.78 is 10.4. The van der Waals surface area contributed by atoms with Crippen molar-refractivity contribution in [2.45, 2.75) is 44.7 Å². The summed E-state index contributed by atoms with van der Waals surface area (Å²) in [5.41, 5.74) is 8.00. The number of anilines is 1. The molecule has 0 bridgehead atoms. The molecule has 1 aromatic carbocycles. The molecule has 0 saturated heterocycles. The van der Waals surface area contributed by atoms with Gasteiger partial charge in [-0.3, -0.25) is 9.79 Å². The summed E-state index contributed by atoms with van der Waals surface area (Å²) in [6.45, 7) is 2.83. The molecule has 33 heavy (non-hydrogen) atoms. The number of methoxy groups -OCH3 is 1. The molecule has 1 aliphatic rings. The normalized spacial score (nSPS) is 18.9. The van der Waals surface area contributed by atoms with E-state index in [4.69, 9.17) is 19.9 Å². The first-order valence-electron chi connectivity index (χ1n) is 11.2. The molecule has 1 aliphatic carbocycles. The van der Waals surface area contributed by atoms with Gasteiger partial charge in [0.2, 0.25) is 5.82 Å². The predicted molar refractivity (Wildman–Crippen MR) is 128 cm³/mol. The minimum Gasteiger partial charge on any atom is -0.461 e. The number of amidine groups is 1. The van der Waals surface area contributed by atoms with Crippen molar-refractivity contribution in [2.24, 2.45) is 10.7 Å². The summed E-state index contributed by atoms with van der Waals surface area (Å²) in [4.78, 5) is 26.5. The van der Waals surface area contributed by atoms with Crippen molar-refractivity contribution < 1.29 is 13.9 Å². The Morgan fingerprint density at radius 2 is 2.12 bits per heavy atom. The van der Waals surface area contributed by atoms with Gasteiger partial charge >= 0.3 is 0 Å². The smallest absolute Gasteiger partial charge is 0.289 e. The molecule has 174 valence electrons. The lowest BCUT2D eigenvalue weighted by Gasteiger charge is -2.30. The van der Waals surface area contributed by atoms with Gasteiger partial charge in [0, 0.05) is 25.1 Å². The number of carbonyl (C=O) groups excluding carboxylic acids is 1. The lowest BCUT2D eigenvalue weighted by Crippen LogP contribution is -2.37. The second-order valence-electron chi connectivity index (χ2n) is 8.26. The van der Waals surface area contributed by atoms with Crippen LogP contribution in [0.2, 0.25) is 0 Å². The first-order chi connectivity index (χ1) is 16.0. The van der Waals surface area contributed by atoms with E-state index in [1.165, 1.54) is 0 Å². The van der Waals surface area contributed by atoms with E-state index in [9.17, 15) is 4.79 Å². The standard InChI is InChI=1S/C24H30N6O3/c1-15-9-10-17-16(14-15)22(30-23(28-17)24(31)26-11-13-32-2)29-19-7-4-3-6-18(19)27-21(25)20-8-5-12-33-20/h5,8-10,12,14,18-19H,3-4,6-7,11,13H2,1-2H3,(H2,25,27)(H,26,31)(H,28,29,30)/t18-,19+/m1/s1. The molecule has 0 aliphatic heterocycles. The Balaban J connectivity index is 1.64. The molecule has 2 heterocycles. The second kappa shape index (κ2) is 10.4. The highest BCUT2D eigenvalue weighted by molar-refractivity contribution is 5.97. The Morgan fingerprint density at radius 1 is 1.27 bits per heavy atom. The fourth-order valence-corrected chi connectivity index (χ4v) is 4.08. The van der Waals surface area contributed by atoms with Crippen LogP contribution >= 0.6 is 0 Å². The fourth-order valence-electron chi connectivity index (χ4n) is 4.08. The number of benzene rings is 1. The van der Waals surface area contributed by atoms with Gasteiger partial charge in [-0.15, -0.1) is 0 Å². The van der Waals surface area contributed by atoms with Crippen molar-refractivity contribution in [3.63, 3.8) is 0 Å². The van der Waals surface area contributed by atoms with Crippen LogP contribution in [0.5, 0.6) is 0 Å². The van der Waals surface area contributed by atoms with Crippen LogP contribution in [0.15, 0.2) is 46.0 Å². The third-order valence-corrected chi connectivity index (χ3v) is 5.78. The average Bonchev–Trinajstić information content (AvgIpc) is 3.36. The summed E-state index contributed by atoms with van der Waals surface area (Å²) in [5, 5.41) is 7.23. The number of aromatic nitrogens is 2. The van der Waals surface area contributed by atoms with Crippen molar-refractivity contribution >= 4 is 28.5 Å². The van der Waals surface area contributed by atoms with Crippen molar-refractivity contribution in [1.29, 1.82) is 0 Å². The number of nitrogens with zero attached hydrogens (tertiary/aromatic N) is 3. The minimum absolute atomic E-state index is 0.0234. The Morgan fingerprint density at radius 3 is 2.91 bits per heavy atom. The van der Waals surface area contributed by atoms with E-state index in [0.717, 1.165) is 36.6 Å². The number of rotatable bonds is 8. The van der Waals surface area contributed by atoms with Gasteiger partial charge in [-0.25, -0.2) is 9.97 Å². The topological polar surface area (TPSA) is 128 Å². The van der Waals surface area contributed by atoms with Crippen molar-refractivity contribution in [1.82, 2.24) is 15.3 Å². The number of ether oxygens (including phenoxy) is 1. The van der Waals surface area contributed by atoms with Crippen LogP contribution in [0.4, 0.5) is 5.82 Å². The van der Waals surface area contributed by atoms with E-state index in [0.29, 0.717) is 36.1 Å². The molecular formula is C24H30N6O3. The molecule has 0 radical (unpaired) electrons. The van der Waals surface area contributed by atoms with Gasteiger partial charge in [0.05, 0.1) is 24.4 Å². The zero-order chi connectivity index (χ0) is 23.2. The third kappa shape index (κ3) is 5.48. The Bertz CT molecular complexity index is 1130. The second-order valence-corrected chi connectivity index (χ2v) is 8.26. The van der Waals surface area contributed by atoms with Crippen LogP contribution in [0.3, 0.4) is 0 Å². The van der Waals surface area contributed by atoms with Gasteiger partial charge in [-0.05, 0) is 44.0 Å². The van der Waals surface area contributed by atoms with Gasteiger partial charge in [0.25, 0.3) is 5.91 Å². The number of fused-ring (bicyclic) bond motifs is 1. The molecule has 9 heteroatoms. The highest BCUT2D eigenvalue weighted by atomic mass is 16.5. The first-order valence-corrected chi connectivity index (χ1v) is 11.2. The minimum atomic E-state index is -0.335. The fraction of sp³-hybridized carbons (Fsp3) is 0.417. The molecule has 4 N–H and O–H groups in total. The van der Waals surface area contributed by atoms with E-state index in [1.807, 2.05) is 25.1 Å². The van der Waals surface area contributed by atoms with Gasteiger partial charge in [0.15, 0.2) is 11.6 Å². The summed E-state index contributed by atoms with van der Waals surface area (Å²) >= 11 is 0. The summed E-state index contributed by atoms with van der Waals surface area (Å²) in [6, 6.07) is 9.51. The number of amides is 1. The maximum atomic E-state index is 12.6. The molecule has 1 amide bonds. The van der Waals surface area contributed by atoms with Crippen LogP contribution in [0, 0.1) is 6.92 Å². The maximum absolute atomic E-state index is 12.6. The quantitative estimate of drug-likeness (QED) is 0.273.